The Balaban J connectivity index is 2.22. The largest absolute Gasteiger partial charge is 0.467 e. The zero-order chi connectivity index (χ0) is 14.8. The van der Waals surface area contributed by atoms with Gasteiger partial charge in [0.1, 0.15) is 17.2 Å². The summed E-state index contributed by atoms with van der Waals surface area (Å²) in [5.74, 6) is -0.379. The molecule has 0 saturated heterocycles. The molecule has 0 fully saturated rings. The minimum atomic E-state index is -4.47. The quantitative estimate of drug-likeness (QED) is 0.806. The molecule has 0 bridgehead atoms. The van der Waals surface area contributed by atoms with Crippen molar-refractivity contribution in [3.8, 4) is 0 Å². The van der Waals surface area contributed by atoms with Crippen LogP contribution in [0.15, 0.2) is 38.7 Å². The molecule has 0 saturated carbocycles. The molecule has 1 amide bonds. The monoisotopic (exact) mass is 367 g/mol. The maximum atomic E-state index is 12.6. The van der Waals surface area contributed by atoms with Gasteiger partial charge in [0.15, 0.2) is 0 Å². The Bertz CT molecular complexity index is 580. The molecule has 8 heteroatoms. The highest BCUT2D eigenvalue weighted by molar-refractivity contribution is 9.10. The van der Waals surface area contributed by atoms with Crippen molar-refractivity contribution < 1.29 is 22.4 Å². The minimum absolute atomic E-state index is 0.227. The van der Waals surface area contributed by atoms with E-state index in [-0.39, 0.29) is 11.4 Å². The van der Waals surface area contributed by atoms with Gasteiger partial charge in [-0.2, -0.15) is 13.2 Å². The van der Waals surface area contributed by atoms with E-state index in [0.717, 1.165) is 16.2 Å². The smallest absolute Gasteiger partial charge is 0.406 e. The van der Waals surface area contributed by atoms with Gasteiger partial charge in [0.25, 0.3) is 5.91 Å². The van der Waals surface area contributed by atoms with E-state index in [1.807, 2.05) is 0 Å². The van der Waals surface area contributed by atoms with Crippen LogP contribution in [0.25, 0.3) is 0 Å². The third kappa shape index (κ3) is 3.86. The van der Waals surface area contributed by atoms with Gasteiger partial charge in [-0.05, 0) is 39.5 Å². The number of nitrogens with zero attached hydrogens (tertiary/aromatic N) is 1. The van der Waals surface area contributed by atoms with Gasteiger partial charge >= 0.3 is 6.18 Å². The molecule has 2 aromatic heterocycles. The van der Waals surface area contributed by atoms with E-state index >= 15 is 0 Å². The Kier molecular flexibility index (Phi) is 4.54. The number of halogens is 4. The molecular formula is C12H9BrF3NO2S. The Labute approximate surface area is 125 Å². The third-order valence-corrected chi connectivity index (χ3v) is 4.22. The lowest BCUT2D eigenvalue weighted by Gasteiger charge is -2.22. The molecule has 0 unspecified atom stereocenters. The van der Waals surface area contributed by atoms with Crippen molar-refractivity contribution in [2.75, 3.05) is 6.54 Å². The maximum absolute atomic E-state index is 12.6. The van der Waals surface area contributed by atoms with Crippen LogP contribution in [0, 0.1) is 0 Å². The summed E-state index contributed by atoms with van der Waals surface area (Å²) in [4.78, 5) is 13.1. The van der Waals surface area contributed by atoms with E-state index in [1.165, 1.54) is 12.3 Å². The number of carbonyl (C=O) groups is 1. The summed E-state index contributed by atoms with van der Waals surface area (Å²) in [5.41, 5.74) is 0. The zero-order valence-electron chi connectivity index (χ0n) is 9.98. The van der Waals surface area contributed by atoms with Crippen molar-refractivity contribution in [2.45, 2.75) is 12.7 Å². The van der Waals surface area contributed by atoms with Gasteiger partial charge in [0.2, 0.25) is 0 Å². The van der Waals surface area contributed by atoms with Gasteiger partial charge in [0.05, 0.1) is 12.8 Å². The molecule has 0 radical (unpaired) electrons. The first-order valence-corrected chi connectivity index (χ1v) is 7.15. The van der Waals surface area contributed by atoms with Crippen molar-refractivity contribution >= 4 is 33.2 Å². The number of amides is 1. The molecule has 108 valence electrons. The fraction of sp³-hybridized carbons (Fsp3) is 0.250. The summed E-state index contributed by atoms with van der Waals surface area (Å²) in [6.45, 7) is -1.55. The molecule has 20 heavy (non-hydrogen) atoms. The van der Waals surface area contributed by atoms with Crippen LogP contribution in [0.2, 0.25) is 0 Å². The molecule has 2 aromatic rings. The van der Waals surface area contributed by atoms with E-state index in [4.69, 9.17) is 4.42 Å². The van der Waals surface area contributed by atoms with E-state index < -0.39 is 18.6 Å². The van der Waals surface area contributed by atoms with E-state index in [1.54, 1.807) is 17.5 Å². The Morgan fingerprint density at radius 1 is 1.40 bits per heavy atom. The van der Waals surface area contributed by atoms with Crippen molar-refractivity contribution in [2.24, 2.45) is 0 Å². The van der Waals surface area contributed by atoms with Crippen LogP contribution in [0.3, 0.4) is 0 Å². The van der Waals surface area contributed by atoms with Gasteiger partial charge in [-0.1, -0.05) is 0 Å². The van der Waals surface area contributed by atoms with Crippen LogP contribution >= 0.6 is 27.3 Å². The summed E-state index contributed by atoms with van der Waals surface area (Å²) >= 11 is 4.24. The molecular weight excluding hydrogens is 359 g/mol. The fourth-order valence-corrected chi connectivity index (χ4v) is 3.10. The van der Waals surface area contributed by atoms with Crippen LogP contribution in [0.5, 0.6) is 0 Å². The summed E-state index contributed by atoms with van der Waals surface area (Å²) < 4.78 is 43.3. The lowest BCUT2D eigenvalue weighted by atomic mass is 10.3. The number of hydrogen-bond acceptors (Lipinski definition) is 3. The number of furan rings is 1. The molecule has 2 rings (SSSR count). The van der Waals surface area contributed by atoms with Crippen molar-refractivity contribution in [3.05, 3.63) is 45.0 Å². The number of hydrogen-bond donors (Lipinski definition) is 0. The number of thiophene rings is 1. The predicted octanol–water partition coefficient (Wildman–Crippen LogP) is 4.31. The number of rotatable bonds is 4. The molecule has 0 atom stereocenters. The lowest BCUT2D eigenvalue weighted by Crippen LogP contribution is -2.38. The summed E-state index contributed by atoms with van der Waals surface area (Å²) in [7, 11) is 0. The van der Waals surface area contributed by atoms with Crippen molar-refractivity contribution in [1.82, 2.24) is 4.90 Å². The Hall–Kier alpha value is -1.28. The summed E-state index contributed by atoms with van der Waals surface area (Å²) in [5, 5.41) is 1.63. The number of carbonyl (C=O) groups excluding carboxylic acids is 1. The second kappa shape index (κ2) is 6.01. The SMILES string of the molecule is O=C(c1sccc1Br)N(Cc1ccco1)CC(F)(F)F. The summed E-state index contributed by atoms with van der Waals surface area (Å²) in [6, 6.07) is 4.71. The average Bonchev–Trinajstić information content (AvgIpc) is 2.97. The Morgan fingerprint density at radius 3 is 2.65 bits per heavy atom. The van der Waals surface area contributed by atoms with Crippen molar-refractivity contribution in [1.29, 1.82) is 0 Å². The molecule has 0 aromatic carbocycles. The van der Waals surface area contributed by atoms with E-state index in [0.29, 0.717) is 10.2 Å². The highest BCUT2D eigenvalue weighted by Gasteiger charge is 2.34. The lowest BCUT2D eigenvalue weighted by molar-refractivity contribution is -0.142. The first-order chi connectivity index (χ1) is 9.37. The molecule has 0 aliphatic rings. The van der Waals surface area contributed by atoms with Gasteiger partial charge in [-0.15, -0.1) is 11.3 Å². The van der Waals surface area contributed by atoms with Crippen LogP contribution < -0.4 is 0 Å². The topological polar surface area (TPSA) is 33.5 Å². The van der Waals surface area contributed by atoms with Gasteiger partial charge in [-0.3, -0.25) is 4.79 Å². The highest BCUT2D eigenvalue weighted by atomic mass is 79.9. The predicted molar refractivity (Wildman–Crippen MR) is 71.5 cm³/mol. The fourth-order valence-electron chi connectivity index (χ4n) is 1.60. The second-order valence-corrected chi connectivity index (χ2v) is 5.72. The molecule has 2 heterocycles. The molecule has 0 aliphatic heterocycles. The first-order valence-electron chi connectivity index (χ1n) is 5.48. The van der Waals surface area contributed by atoms with Gasteiger partial charge in [0, 0.05) is 4.47 Å². The summed E-state index contributed by atoms with van der Waals surface area (Å²) in [6.07, 6.45) is -3.11. The van der Waals surface area contributed by atoms with Crippen LogP contribution in [0.4, 0.5) is 13.2 Å². The second-order valence-electron chi connectivity index (χ2n) is 3.95. The normalized spacial score (nSPS) is 11.6. The number of alkyl halides is 3. The zero-order valence-corrected chi connectivity index (χ0v) is 12.4. The minimum Gasteiger partial charge on any atom is -0.467 e. The van der Waals surface area contributed by atoms with Gasteiger partial charge < -0.3 is 9.32 Å². The standard InChI is InChI=1S/C12H9BrF3NO2S/c13-9-3-5-20-10(9)11(18)17(7-12(14,15)16)6-8-2-1-4-19-8/h1-5H,6-7H2. The van der Waals surface area contributed by atoms with Crippen molar-refractivity contribution in [3.63, 3.8) is 0 Å². The molecule has 0 aliphatic carbocycles. The van der Waals surface area contributed by atoms with Crippen LogP contribution in [0.1, 0.15) is 15.4 Å². The van der Waals surface area contributed by atoms with E-state index in [2.05, 4.69) is 15.9 Å². The van der Waals surface area contributed by atoms with E-state index in [9.17, 15) is 18.0 Å². The van der Waals surface area contributed by atoms with Crippen LogP contribution in [-0.4, -0.2) is 23.5 Å². The molecule has 3 nitrogen and oxygen atoms in total. The third-order valence-electron chi connectivity index (χ3n) is 2.40. The molecule has 0 spiro atoms. The van der Waals surface area contributed by atoms with Crippen LogP contribution in [-0.2, 0) is 6.54 Å². The average molecular weight is 368 g/mol. The Morgan fingerprint density at radius 2 is 2.15 bits per heavy atom. The maximum Gasteiger partial charge on any atom is 0.406 e. The molecule has 0 N–H and O–H groups in total. The highest BCUT2D eigenvalue weighted by Crippen LogP contribution is 2.27. The first kappa shape index (κ1) is 15.1. The van der Waals surface area contributed by atoms with Gasteiger partial charge in [-0.25, -0.2) is 0 Å².